The van der Waals surface area contributed by atoms with Crippen LogP contribution in [-0.2, 0) is 4.74 Å². The van der Waals surface area contributed by atoms with Gasteiger partial charge in [-0.1, -0.05) is 13.8 Å². The average Bonchev–Trinajstić information content (AvgIpc) is 2.21. The van der Waals surface area contributed by atoms with E-state index in [9.17, 15) is 0 Å². The molecular formula is C13H28N2O. The van der Waals surface area contributed by atoms with Crippen LogP contribution in [0.5, 0.6) is 0 Å². The van der Waals surface area contributed by atoms with Crippen LogP contribution in [0.15, 0.2) is 0 Å². The van der Waals surface area contributed by atoms with Crippen molar-refractivity contribution in [2.24, 2.45) is 5.92 Å². The molecule has 0 aromatic rings. The molecule has 3 nitrogen and oxygen atoms in total. The van der Waals surface area contributed by atoms with Gasteiger partial charge in [0.15, 0.2) is 0 Å². The standard InChI is InChI=1S/C13H28N2O/c1-6-16-12(5)8-15-9-13(10(2)3)14-7-11(15)4/h10-14H,6-9H2,1-5H3. The third-order valence-electron chi connectivity index (χ3n) is 3.48. The molecule has 0 aliphatic carbocycles. The second-order valence-corrected chi connectivity index (χ2v) is 5.33. The van der Waals surface area contributed by atoms with Crippen LogP contribution in [0.4, 0.5) is 0 Å². The summed E-state index contributed by atoms with van der Waals surface area (Å²) in [5.41, 5.74) is 0. The highest BCUT2D eigenvalue weighted by Gasteiger charge is 2.27. The third kappa shape index (κ3) is 4.04. The van der Waals surface area contributed by atoms with Gasteiger partial charge in [-0.15, -0.1) is 0 Å². The Morgan fingerprint density at radius 1 is 1.38 bits per heavy atom. The van der Waals surface area contributed by atoms with Crippen LogP contribution in [0, 0.1) is 5.92 Å². The third-order valence-corrected chi connectivity index (χ3v) is 3.48. The lowest BCUT2D eigenvalue weighted by molar-refractivity contribution is 0.0198. The average molecular weight is 228 g/mol. The Morgan fingerprint density at radius 3 is 2.62 bits per heavy atom. The van der Waals surface area contributed by atoms with E-state index < -0.39 is 0 Å². The Hall–Kier alpha value is -0.120. The van der Waals surface area contributed by atoms with E-state index in [1.165, 1.54) is 0 Å². The number of nitrogens with one attached hydrogen (secondary N) is 1. The fourth-order valence-electron chi connectivity index (χ4n) is 2.32. The van der Waals surface area contributed by atoms with Gasteiger partial charge < -0.3 is 10.1 Å². The van der Waals surface area contributed by atoms with Crippen molar-refractivity contribution in [3.8, 4) is 0 Å². The fraction of sp³-hybridized carbons (Fsp3) is 1.00. The predicted molar refractivity (Wildman–Crippen MR) is 68.8 cm³/mol. The zero-order chi connectivity index (χ0) is 12.1. The van der Waals surface area contributed by atoms with Crippen molar-refractivity contribution in [2.45, 2.75) is 52.8 Å². The molecule has 0 bridgehead atoms. The number of rotatable bonds is 5. The molecule has 3 atom stereocenters. The summed E-state index contributed by atoms with van der Waals surface area (Å²) in [5.74, 6) is 0.706. The highest BCUT2D eigenvalue weighted by atomic mass is 16.5. The molecule has 1 aliphatic heterocycles. The molecule has 0 aromatic heterocycles. The van der Waals surface area contributed by atoms with Crippen molar-refractivity contribution in [3.63, 3.8) is 0 Å². The number of ether oxygens (including phenoxy) is 1. The molecule has 0 radical (unpaired) electrons. The van der Waals surface area contributed by atoms with E-state index in [1.54, 1.807) is 0 Å². The summed E-state index contributed by atoms with van der Waals surface area (Å²) >= 11 is 0. The molecule has 1 saturated heterocycles. The second-order valence-electron chi connectivity index (χ2n) is 5.33. The summed E-state index contributed by atoms with van der Waals surface area (Å²) in [4.78, 5) is 2.56. The lowest BCUT2D eigenvalue weighted by Crippen LogP contribution is -2.58. The Labute approximate surface area is 101 Å². The van der Waals surface area contributed by atoms with Crippen LogP contribution in [0.1, 0.15) is 34.6 Å². The molecule has 0 saturated carbocycles. The van der Waals surface area contributed by atoms with E-state index in [2.05, 4.69) is 44.8 Å². The van der Waals surface area contributed by atoms with E-state index in [1.807, 2.05) is 0 Å². The number of piperazine rings is 1. The zero-order valence-corrected chi connectivity index (χ0v) is 11.5. The van der Waals surface area contributed by atoms with E-state index in [-0.39, 0.29) is 0 Å². The molecule has 96 valence electrons. The Morgan fingerprint density at radius 2 is 2.06 bits per heavy atom. The predicted octanol–water partition coefficient (Wildman–Crippen LogP) is 1.73. The van der Waals surface area contributed by atoms with E-state index >= 15 is 0 Å². The molecule has 16 heavy (non-hydrogen) atoms. The van der Waals surface area contributed by atoms with Crippen LogP contribution < -0.4 is 5.32 Å². The summed E-state index contributed by atoms with van der Waals surface area (Å²) in [6.07, 6.45) is 0.346. The second kappa shape index (κ2) is 6.58. The molecule has 1 fully saturated rings. The first-order valence-corrected chi connectivity index (χ1v) is 6.63. The molecule has 1 aliphatic rings. The number of hydrogen-bond donors (Lipinski definition) is 1. The summed E-state index contributed by atoms with van der Waals surface area (Å²) in [6, 6.07) is 1.25. The lowest BCUT2D eigenvalue weighted by Gasteiger charge is -2.41. The van der Waals surface area contributed by atoms with Crippen molar-refractivity contribution in [3.05, 3.63) is 0 Å². The molecule has 3 heteroatoms. The van der Waals surface area contributed by atoms with E-state index in [0.717, 1.165) is 26.2 Å². The topological polar surface area (TPSA) is 24.5 Å². The van der Waals surface area contributed by atoms with Gasteiger partial charge in [-0.05, 0) is 26.7 Å². The Kier molecular flexibility index (Phi) is 5.73. The fourth-order valence-corrected chi connectivity index (χ4v) is 2.32. The molecule has 0 amide bonds. The minimum absolute atomic E-state index is 0.346. The summed E-state index contributed by atoms with van der Waals surface area (Å²) < 4.78 is 5.63. The maximum atomic E-state index is 5.63. The van der Waals surface area contributed by atoms with Gasteiger partial charge in [0.2, 0.25) is 0 Å². The van der Waals surface area contributed by atoms with Gasteiger partial charge in [-0.2, -0.15) is 0 Å². The van der Waals surface area contributed by atoms with E-state index in [4.69, 9.17) is 4.74 Å². The van der Waals surface area contributed by atoms with Gasteiger partial charge in [0.05, 0.1) is 6.10 Å². The van der Waals surface area contributed by atoms with Crippen LogP contribution in [0.25, 0.3) is 0 Å². The highest BCUT2D eigenvalue weighted by molar-refractivity contribution is 4.86. The van der Waals surface area contributed by atoms with Gasteiger partial charge in [-0.25, -0.2) is 0 Å². The first-order valence-electron chi connectivity index (χ1n) is 6.63. The van der Waals surface area contributed by atoms with Crippen LogP contribution in [-0.4, -0.2) is 49.3 Å². The smallest absolute Gasteiger partial charge is 0.0673 e. The largest absolute Gasteiger partial charge is 0.377 e. The van der Waals surface area contributed by atoms with Crippen LogP contribution >= 0.6 is 0 Å². The summed E-state index contributed by atoms with van der Waals surface area (Å²) in [6.45, 7) is 15.2. The quantitative estimate of drug-likeness (QED) is 0.775. The summed E-state index contributed by atoms with van der Waals surface area (Å²) in [7, 11) is 0. The maximum absolute atomic E-state index is 5.63. The van der Waals surface area contributed by atoms with Gasteiger partial charge in [0.25, 0.3) is 0 Å². The molecular weight excluding hydrogens is 200 g/mol. The van der Waals surface area contributed by atoms with Crippen LogP contribution in [0.2, 0.25) is 0 Å². The maximum Gasteiger partial charge on any atom is 0.0673 e. The lowest BCUT2D eigenvalue weighted by atomic mass is 9.99. The van der Waals surface area contributed by atoms with Crippen molar-refractivity contribution in [2.75, 3.05) is 26.2 Å². The molecule has 0 aromatic carbocycles. The minimum Gasteiger partial charge on any atom is -0.377 e. The number of nitrogens with zero attached hydrogens (tertiary/aromatic N) is 1. The molecule has 1 N–H and O–H groups in total. The summed E-state index contributed by atoms with van der Waals surface area (Å²) in [5, 5.41) is 3.62. The van der Waals surface area contributed by atoms with Crippen molar-refractivity contribution >= 4 is 0 Å². The van der Waals surface area contributed by atoms with Gasteiger partial charge in [0.1, 0.15) is 0 Å². The monoisotopic (exact) mass is 228 g/mol. The first kappa shape index (κ1) is 13.9. The molecule has 3 unspecified atom stereocenters. The van der Waals surface area contributed by atoms with Crippen molar-refractivity contribution in [1.82, 2.24) is 10.2 Å². The van der Waals surface area contributed by atoms with Gasteiger partial charge in [-0.3, -0.25) is 4.90 Å². The Balaban J connectivity index is 2.43. The van der Waals surface area contributed by atoms with Gasteiger partial charge >= 0.3 is 0 Å². The van der Waals surface area contributed by atoms with Crippen molar-refractivity contribution in [1.29, 1.82) is 0 Å². The normalized spacial score (nSPS) is 29.6. The molecule has 0 spiro atoms. The minimum atomic E-state index is 0.346. The van der Waals surface area contributed by atoms with Gasteiger partial charge in [0, 0.05) is 38.3 Å². The molecule has 1 rings (SSSR count). The highest BCUT2D eigenvalue weighted by Crippen LogP contribution is 2.13. The SMILES string of the molecule is CCOC(C)CN1CC(C(C)C)NCC1C. The van der Waals surface area contributed by atoms with E-state index in [0.29, 0.717) is 24.1 Å². The van der Waals surface area contributed by atoms with Crippen molar-refractivity contribution < 1.29 is 4.74 Å². The molecule has 1 heterocycles. The van der Waals surface area contributed by atoms with Crippen LogP contribution in [0.3, 0.4) is 0 Å². The number of hydrogen-bond acceptors (Lipinski definition) is 3. The zero-order valence-electron chi connectivity index (χ0n) is 11.5. The first-order chi connectivity index (χ1) is 7.54. The Bertz CT molecular complexity index is 196.